The molecule has 0 saturated carbocycles. The largest absolute Gasteiger partial charge is 0.340 e. The lowest BCUT2D eigenvalue weighted by atomic mass is 10.1. The topological polar surface area (TPSA) is 49.4 Å². The van der Waals surface area contributed by atoms with Crippen molar-refractivity contribution in [3.63, 3.8) is 0 Å². The maximum absolute atomic E-state index is 11.9. The SMILES string of the molecule is Cl.O=C(CCC(=O)N1CCNCC1)c1ccc(Cl)cc1. The van der Waals surface area contributed by atoms with Crippen molar-refractivity contribution in [2.45, 2.75) is 12.8 Å². The zero-order chi connectivity index (χ0) is 13.7. The second-order valence-electron chi connectivity index (χ2n) is 4.56. The van der Waals surface area contributed by atoms with Gasteiger partial charge in [0.15, 0.2) is 5.78 Å². The Hall–Kier alpha value is -1.10. The van der Waals surface area contributed by atoms with E-state index in [-0.39, 0.29) is 36.9 Å². The number of piperazine rings is 1. The number of hydrogen-bond donors (Lipinski definition) is 1. The highest BCUT2D eigenvalue weighted by Crippen LogP contribution is 2.12. The van der Waals surface area contributed by atoms with E-state index in [4.69, 9.17) is 11.6 Å². The van der Waals surface area contributed by atoms with Gasteiger partial charge in [-0.25, -0.2) is 0 Å². The van der Waals surface area contributed by atoms with Crippen molar-refractivity contribution in [2.75, 3.05) is 26.2 Å². The second kappa shape index (κ2) is 8.25. The van der Waals surface area contributed by atoms with E-state index in [1.807, 2.05) is 4.90 Å². The van der Waals surface area contributed by atoms with Gasteiger partial charge in [-0.3, -0.25) is 9.59 Å². The molecule has 1 amide bonds. The maximum Gasteiger partial charge on any atom is 0.223 e. The molecule has 0 radical (unpaired) electrons. The standard InChI is InChI=1S/C14H17ClN2O2.ClH/c15-12-3-1-11(2-4-12)13(18)5-6-14(19)17-9-7-16-8-10-17;/h1-4,16H,5-10H2;1H. The molecule has 110 valence electrons. The molecule has 1 fully saturated rings. The molecule has 1 N–H and O–H groups in total. The third-order valence-corrected chi connectivity index (χ3v) is 3.45. The summed E-state index contributed by atoms with van der Waals surface area (Å²) in [6, 6.07) is 6.76. The summed E-state index contributed by atoms with van der Waals surface area (Å²) in [5, 5.41) is 3.80. The molecule has 2 rings (SSSR count). The lowest BCUT2D eigenvalue weighted by molar-refractivity contribution is -0.131. The van der Waals surface area contributed by atoms with E-state index in [1.165, 1.54) is 0 Å². The number of halogens is 2. The van der Waals surface area contributed by atoms with Crippen molar-refractivity contribution in [1.82, 2.24) is 10.2 Å². The van der Waals surface area contributed by atoms with E-state index < -0.39 is 0 Å². The van der Waals surface area contributed by atoms with Crippen LogP contribution in [0.2, 0.25) is 5.02 Å². The molecule has 1 aromatic rings. The lowest BCUT2D eigenvalue weighted by Crippen LogP contribution is -2.46. The summed E-state index contributed by atoms with van der Waals surface area (Å²) in [7, 11) is 0. The van der Waals surface area contributed by atoms with E-state index in [0.29, 0.717) is 10.6 Å². The molecule has 0 atom stereocenters. The van der Waals surface area contributed by atoms with Crippen molar-refractivity contribution in [3.8, 4) is 0 Å². The first-order valence-corrected chi connectivity index (χ1v) is 6.82. The van der Waals surface area contributed by atoms with E-state index in [9.17, 15) is 9.59 Å². The number of nitrogens with zero attached hydrogens (tertiary/aromatic N) is 1. The van der Waals surface area contributed by atoms with E-state index in [0.717, 1.165) is 26.2 Å². The number of carbonyl (C=O) groups is 2. The molecule has 0 bridgehead atoms. The first kappa shape index (κ1) is 17.0. The third-order valence-electron chi connectivity index (χ3n) is 3.20. The maximum atomic E-state index is 11.9. The first-order valence-electron chi connectivity index (χ1n) is 6.44. The van der Waals surface area contributed by atoms with E-state index in [2.05, 4.69) is 5.32 Å². The molecule has 20 heavy (non-hydrogen) atoms. The van der Waals surface area contributed by atoms with Crippen LogP contribution in [0.5, 0.6) is 0 Å². The molecule has 0 aromatic heterocycles. The van der Waals surface area contributed by atoms with E-state index >= 15 is 0 Å². The quantitative estimate of drug-likeness (QED) is 0.866. The summed E-state index contributed by atoms with van der Waals surface area (Å²) in [4.78, 5) is 25.6. The Morgan fingerprint density at radius 3 is 2.30 bits per heavy atom. The normalized spacial score (nSPS) is 14.6. The predicted molar refractivity (Wildman–Crippen MR) is 81.7 cm³/mol. The van der Waals surface area contributed by atoms with Crippen LogP contribution in [0, 0.1) is 0 Å². The number of benzene rings is 1. The molecule has 1 aliphatic rings. The number of Topliss-reactive ketones (excluding diaryl/α,β-unsaturated/α-hetero) is 1. The molecule has 0 spiro atoms. The second-order valence-corrected chi connectivity index (χ2v) is 5.00. The first-order chi connectivity index (χ1) is 9.16. The van der Waals surface area contributed by atoms with Crippen molar-refractivity contribution in [1.29, 1.82) is 0 Å². The zero-order valence-corrected chi connectivity index (χ0v) is 12.7. The Morgan fingerprint density at radius 2 is 1.70 bits per heavy atom. The minimum absolute atomic E-state index is 0. The smallest absolute Gasteiger partial charge is 0.223 e. The Balaban J connectivity index is 0.00000200. The molecule has 1 aromatic carbocycles. The van der Waals surface area contributed by atoms with Crippen LogP contribution in [0.4, 0.5) is 0 Å². The summed E-state index contributed by atoms with van der Waals surface area (Å²) < 4.78 is 0. The summed E-state index contributed by atoms with van der Waals surface area (Å²) in [5.74, 6) is 0.0453. The summed E-state index contributed by atoms with van der Waals surface area (Å²) in [6.45, 7) is 3.12. The summed E-state index contributed by atoms with van der Waals surface area (Å²) in [6.07, 6.45) is 0.534. The highest BCUT2D eigenvalue weighted by molar-refractivity contribution is 6.30. The average Bonchev–Trinajstić information content (AvgIpc) is 2.46. The molecule has 1 aliphatic heterocycles. The fourth-order valence-corrected chi connectivity index (χ4v) is 2.20. The van der Waals surface area contributed by atoms with Gasteiger partial charge in [-0.15, -0.1) is 12.4 Å². The highest BCUT2D eigenvalue weighted by Gasteiger charge is 2.17. The van der Waals surface area contributed by atoms with Crippen molar-refractivity contribution in [2.24, 2.45) is 0 Å². The number of ketones is 1. The van der Waals surface area contributed by atoms with Crippen LogP contribution in [0.15, 0.2) is 24.3 Å². The fourth-order valence-electron chi connectivity index (χ4n) is 2.07. The summed E-state index contributed by atoms with van der Waals surface area (Å²) in [5.41, 5.74) is 0.609. The number of hydrogen-bond acceptors (Lipinski definition) is 3. The van der Waals surface area contributed by atoms with Crippen LogP contribution in [-0.4, -0.2) is 42.8 Å². The van der Waals surface area contributed by atoms with Gasteiger partial charge in [0.05, 0.1) is 0 Å². The van der Waals surface area contributed by atoms with Gasteiger partial charge in [0.2, 0.25) is 5.91 Å². The van der Waals surface area contributed by atoms with Gasteiger partial charge >= 0.3 is 0 Å². The minimum Gasteiger partial charge on any atom is -0.340 e. The van der Waals surface area contributed by atoms with Crippen LogP contribution in [0.3, 0.4) is 0 Å². The number of carbonyl (C=O) groups excluding carboxylic acids is 2. The van der Waals surface area contributed by atoms with Gasteiger partial charge in [-0.1, -0.05) is 11.6 Å². The monoisotopic (exact) mass is 316 g/mol. The van der Waals surface area contributed by atoms with Crippen LogP contribution in [0.1, 0.15) is 23.2 Å². The molecule has 0 aliphatic carbocycles. The Morgan fingerprint density at radius 1 is 1.10 bits per heavy atom. The molecular weight excluding hydrogens is 299 g/mol. The van der Waals surface area contributed by atoms with Gasteiger partial charge in [0.1, 0.15) is 0 Å². The van der Waals surface area contributed by atoms with Gasteiger partial charge < -0.3 is 10.2 Å². The number of amides is 1. The zero-order valence-electron chi connectivity index (χ0n) is 11.1. The van der Waals surface area contributed by atoms with Crippen molar-refractivity contribution < 1.29 is 9.59 Å². The molecule has 6 heteroatoms. The van der Waals surface area contributed by atoms with Gasteiger partial charge in [-0.2, -0.15) is 0 Å². The van der Waals surface area contributed by atoms with Crippen LogP contribution >= 0.6 is 24.0 Å². The molecular formula is C14H18Cl2N2O2. The lowest BCUT2D eigenvalue weighted by Gasteiger charge is -2.27. The Kier molecular flexibility index (Phi) is 6.99. The van der Waals surface area contributed by atoms with E-state index in [1.54, 1.807) is 24.3 Å². The van der Waals surface area contributed by atoms with Gasteiger partial charge in [-0.05, 0) is 24.3 Å². The third kappa shape index (κ3) is 4.78. The molecule has 1 saturated heterocycles. The Bertz CT molecular complexity index is 457. The fraction of sp³-hybridized carbons (Fsp3) is 0.429. The van der Waals surface area contributed by atoms with Crippen LogP contribution in [-0.2, 0) is 4.79 Å². The number of rotatable bonds is 4. The predicted octanol–water partition coefficient (Wildman–Crippen LogP) is 2.16. The van der Waals surface area contributed by atoms with Crippen molar-refractivity contribution in [3.05, 3.63) is 34.9 Å². The van der Waals surface area contributed by atoms with Crippen LogP contribution < -0.4 is 5.32 Å². The minimum atomic E-state index is -0.0137. The number of nitrogens with one attached hydrogen (secondary N) is 1. The highest BCUT2D eigenvalue weighted by atomic mass is 35.5. The van der Waals surface area contributed by atoms with Gasteiger partial charge in [0, 0.05) is 49.6 Å². The Labute approximate surface area is 129 Å². The van der Waals surface area contributed by atoms with Crippen molar-refractivity contribution >= 4 is 35.7 Å². The molecule has 0 unspecified atom stereocenters. The molecule has 1 heterocycles. The van der Waals surface area contributed by atoms with Crippen LogP contribution in [0.25, 0.3) is 0 Å². The van der Waals surface area contributed by atoms with Gasteiger partial charge in [0.25, 0.3) is 0 Å². The summed E-state index contributed by atoms with van der Waals surface area (Å²) >= 11 is 5.77. The average molecular weight is 317 g/mol. The molecule has 4 nitrogen and oxygen atoms in total.